The molecule has 152 valence electrons. The van der Waals surface area contributed by atoms with Gasteiger partial charge in [-0.25, -0.2) is 4.79 Å². The van der Waals surface area contributed by atoms with Crippen LogP contribution in [0.5, 0.6) is 0 Å². The van der Waals surface area contributed by atoms with Crippen LogP contribution in [0.15, 0.2) is 76.7 Å². The molecule has 0 bridgehead atoms. The normalized spacial score (nSPS) is 11.3. The summed E-state index contributed by atoms with van der Waals surface area (Å²) in [4.78, 5) is 24.4. The van der Waals surface area contributed by atoms with Crippen molar-refractivity contribution in [1.82, 2.24) is 0 Å². The van der Waals surface area contributed by atoms with E-state index in [9.17, 15) is 14.9 Å². The lowest BCUT2D eigenvalue weighted by atomic mass is 10.1. The number of fused-ring (bicyclic) bond motifs is 3. The number of nitriles is 1. The van der Waals surface area contributed by atoms with Crippen LogP contribution in [0.1, 0.15) is 11.1 Å². The van der Waals surface area contributed by atoms with Gasteiger partial charge in [-0.05, 0) is 42.8 Å². The van der Waals surface area contributed by atoms with Gasteiger partial charge in [-0.3, -0.25) is 4.79 Å². The first-order valence-electron chi connectivity index (χ1n) is 9.60. The SMILES string of the molecule is Cc1ccc(/C=C(\C#N)C(=O)OCC(=O)Nc2ccc3oc4ccccc4c3c2)cc1. The van der Waals surface area contributed by atoms with Crippen LogP contribution in [0.2, 0.25) is 0 Å². The van der Waals surface area contributed by atoms with Crippen molar-refractivity contribution >= 4 is 45.6 Å². The van der Waals surface area contributed by atoms with Crippen LogP contribution in [0.3, 0.4) is 0 Å². The first kappa shape index (κ1) is 19.9. The summed E-state index contributed by atoms with van der Waals surface area (Å²) in [6.45, 7) is 1.44. The number of nitrogens with one attached hydrogen (secondary N) is 1. The number of amides is 1. The van der Waals surface area contributed by atoms with Crippen molar-refractivity contribution in [3.63, 3.8) is 0 Å². The second kappa shape index (κ2) is 8.56. The number of furan rings is 1. The molecule has 0 saturated carbocycles. The third-order valence-electron chi connectivity index (χ3n) is 4.72. The molecule has 0 atom stereocenters. The van der Waals surface area contributed by atoms with E-state index in [4.69, 9.17) is 9.15 Å². The molecule has 0 saturated heterocycles. The topological polar surface area (TPSA) is 92.3 Å². The maximum atomic E-state index is 12.2. The van der Waals surface area contributed by atoms with E-state index in [2.05, 4.69) is 5.32 Å². The van der Waals surface area contributed by atoms with Crippen molar-refractivity contribution in [2.45, 2.75) is 6.92 Å². The first-order chi connectivity index (χ1) is 15.0. The highest BCUT2D eigenvalue weighted by molar-refractivity contribution is 6.07. The Hall–Kier alpha value is -4.37. The first-order valence-corrected chi connectivity index (χ1v) is 9.60. The summed E-state index contributed by atoms with van der Waals surface area (Å²) in [7, 11) is 0. The number of nitrogens with zero attached hydrogens (tertiary/aromatic N) is 1. The van der Waals surface area contributed by atoms with Crippen molar-refractivity contribution in [3.05, 3.63) is 83.4 Å². The van der Waals surface area contributed by atoms with Crippen LogP contribution in [0, 0.1) is 18.3 Å². The lowest BCUT2D eigenvalue weighted by Gasteiger charge is -2.06. The number of benzene rings is 3. The van der Waals surface area contributed by atoms with E-state index >= 15 is 0 Å². The van der Waals surface area contributed by atoms with Gasteiger partial charge in [0.25, 0.3) is 5.91 Å². The van der Waals surface area contributed by atoms with Crippen molar-refractivity contribution < 1.29 is 18.7 Å². The molecule has 0 aliphatic heterocycles. The molecule has 6 nitrogen and oxygen atoms in total. The zero-order valence-corrected chi connectivity index (χ0v) is 16.7. The molecule has 0 fully saturated rings. The largest absolute Gasteiger partial charge is 0.456 e. The minimum absolute atomic E-state index is 0.178. The monoisotopic (exact) mass is 410 g/mol. The number of hydrogen-bond donors (Lipinski definition) is 1. The molecule has 1 N–H and O–H groups in total. The predicted molar refractivity (Wildman–Crippen MR) is 118 cm³/mol. The molecule has 1 aromatic heterocycles. The molecular weight excluding hydrogens is 392 g/mol. The number of anilines is 1. The van der Waals surface area contributed by atoms with Gasteiger partial charge in [0.2, 0.25) is 0 Å². The summed E-state index contributed by atoms with van der Waals surface area (Å²) in [5.41, 5.74) is 3.62. The molecule has 6 heteroatoms. The Labute approximate surface area is 178 Å². The Kier molecular flexibility index (Phi) is 5.50. The smallest absolute Gasteiger partial charge is 0.349 e. The van der Waals surface area contributed by atoms with E-state index in [0.29, 0.717) is 16.8 Å². The van der Waals surface area contributed by atoms with Crippen LogP contribution < -0.4 is 5.32 Å². The van der Waals surface area contributed by atoms with Crippen LogP contribution in [-0.2, 0) is 14.3 Å². The number of hydrogen-bond acceptors (Lipinski definition) is 5. The van der Waals surface area contributed by atoms with Crippen molar-refractivity contribution in [2.75, 3.05) is 11.9 Å². The fourth-order valence-corrected chi connectivity index (χ4v) is 3.18. The molecule has 1 amide bonds. The van der Waals surface area contributed by atoms with E-state index in [-0.39, 0.29) is 5.57 Å². The third kappa shape index (κ3) is 4.46. The maximum Gasteiger partial charge on any atom is 0.349 e. The van der Waals surface area contributed by atoms with Gasteiger partial charge < -0.3 is 14.5 Å². The Bertz CT molecular complexity index is 1360. The fourth-order valence-electron chi connectivity index (χ4n) is 3.18. The number of ether oxygens (including phenoxy) is 1. The van der Waals surface area contributed by atoms with Gasteiger partial charge in [0.1, 0.15) is 22.8 Å². The lowest BCUT2D eigenvalue weighted by Crippen LogP contribution is -2.21. The fraction of sp³-hybridized carbons (Fsp3) is 0.0800. The third-order valence-corrected chi connectivity index (χ3v) is 4.72. The van der Waals surface area contributed by atoms with E-state index in [1.54, 1.807) is 30.3 Å². The Morgan fingerprint density at radius 1 is 1.03 bits per heavy atom. The number of esters is 1. The Balaban J connectivity index is 1.41. The molecule has 0 radical (unpaired) electrons. The Morgan fingerprint density at radius 2 is 1.77 bits per heavy atom. The number of carbonyl (C=O) groups is 2. The minimum Gasteiger partial charge on any atom is -0.456 e. The molecule has 3 aromatic carbocycles. The second-order valence-electron chi connectivity index (χ2n) is 7.01. The molecular formula is C25H18N2O4. The summed E-state index contributed by atoms with van der Waals surface area (Å²) in [6.07, 6.45) is 1.43. The molecule has 31 heavy (non-hydrogen) atoms. The van der Waals surface area contributed by atoms with Crippen LogP contribution in [-0.4, -0.2) is 18.5 Å². The number of carbonyl (C=O) groups excluding carboxylic acids is 2. The van der Waals surface area contributed by atoms with E-state index in [1.807, 2.05) is 49.4 Å². The highest BCUT2D eigenvalue weighted by Gasteiger charge is 2.14. The maximum absolute atomic E-state index is 12.2. The zero-order valence-electron chi connectivity index (χ0n) is 16.7. The van der Waals surface area contributed by atoms with Gasteiger partial charge in [0.05, 0.1) is 0 Å². The summed E-state index contributed by atoms with van der Waals surface area (Å²) in [6, 6.07) is 22.1. The number of rotatable bonds is 5. The number of aryl methyl sites for hydroxylation is 1. The van der Waals surface area contributed by atoms with Gasteiger partial charge in [-0.15, -0.1) is 0 Å². The van der Waals surface area contributed by atoms with Crippen LogP contribution >= 0.6 is 0 Å². The average Bonchev–Trinajstić information content (AvgIpc) is 3.15. The molecule has 0 unspecified atom stereocenters. The molecule has 4 aromatic rings. The van der Waals surface area contributed by atoms with Gasteiger partial charge in [-0.2, -0.15) is 5.26 Å². The standard InChI is InChI=1S/C25H18N2O4/c1-16-6-8-17(9-7-16)12-18(14-26)25(29)30-15-24(28)27-19-10-11-23-21(13-19)20-4-2-3-5-22(20)31-23/h2-13H,15H2,1H3,(H,27,28)/b18-12+. The van der Waals surface area contributed by atoms with E-state index < -0.39 is 18.5 Å². The summed E-state index contributed by atoms with van der Waals surface area (Å²) >= 11 is 0. The molecule has 1 heterocycles. The molecule has 0 aliphatic rings. The molecule has 0 spiro atoms. The van der Waals surface area contributed by atoms with E-state index in [1.165, 1.54) is 6.08 Å². The summed E-state index contributed by atoms with van der Waals surface area (Å²) in [5, 5.41) is 13.8. The quantitative estimate of drug-likeness (QED) is 0.284. The minimum atomic E-state index is -0.852. The van der Waals surface area contributed by atoms with Gasteiger partial charge in [0.15, 0.2) is 6.61 Å². The number of para-hydroxylation sites is 1. The predicted octanol–water partition coefficient (Wildman–Crippen LogP) is 4.98. The van der Waals surface area contributed by atoms with Crippen molar-refractivity contribution in [1.29, 1.82) is 5.26 Å². The van der Waals surface area contributed by atoms with Crippen molar-refractivity contribution in [2.24, 2.45) is 0 Å². The average molecular weight is 410 g/mol. The second-order valence-corrected chi connectivity index (χ2v) is 7.01. The van der Waals surface area contributed by atoms with Gasteiger partial charge >= 0.3 is 5.97 Å². The zero-order chi connectivity index (χ0) is 21.8. The van der Waals surface area contributed by atoms with Gasteiger partial charge in [0, 0.05) is 16.5 Å². The lowest BCUT2D eigenvalue weighted by molar-refractivity contribution is -0.142. The van der Waals surface area contributed by atoms with Gasteiger partial charge in [-0.1, -0.05) is 48.0 Å². The van der Waals surface area contributed by atoms with Crippen LogP contribution in [0.4, 0.5) is 5.69 Å². The highest BCUT2D eigenvalue weighted by Crippen LogP contribution is 2.30. The van der Waals surface area contributed by atoms with E-state index in [0.717, 1.165) is 21.9 Å². The summed E-state index contributed by atoms with van der Waals surface area (Å²) < 4.78 is 10.8. The Morgan fingerprint density at radius 3 is 2.55 bits per heavy atom. The van der Waals surface area contributed by atoms with Crippen molar-refractivity contribution in [3.8, 4) is 6.07 Å². The van der Waals surface area contributed by atoms with Crippen LogP contribution in [0.25, 0.3) is 28.0 Å². The molecule has 4 rings (SSSR count). The summed E-state index contributed by atoms with van der Waals surface area (Å²) in [5.74, 6) is -1.36. The molecule has 0 aliphatic carbocycles. The highest BCUT2D eigenvalue weighted by atomic mass is 16.5.